The first-order chi connectivity index (χ1) is 13.5. The first kappa shape index (κ1) is 18.7. The topological polar surface area (TPSA) is 68.0 Å². The van der Waals surface area contributed by atoms with Crippen molar-refractivity contribution >= 4 is 44.9 Å². The molecule has 0 aliphatic rings. The highest BCUT2D eigenvalue weighted by Gasteiger charge is 2.12. The summed E-state index contributed by atoms with van der Waals surface area (Å²) >= 11 is 3.07. The van der Waals surface area contributed by atoms with Crippen LogP contribution in [0.15, 0.2) is 56.0 Å². The van der Waals surface area contributed by atoms with E-state index in [1.54, 1.807) is 17.8 Å². The number of aryl methyl sites for hydroxylation is 3. The summed E-state index contributed by atoms with van der Waals surface area (Å²) in [5.74, 6) is 0.629. The Morgan fingerprint density at radius 1 is 1.07 bits per heavy atom. The number of hydrogen-bond acceptors (Lipinski definition) is 7. The Labute approximate surface area is 170 Å². The van der Waals surface area contributed by atoms with Crippen LogP contribution in [-0.4, -0.2) is 10.2 Å². The Morgan fingerprint density at radius 2 is 1.89 bits per heavy atom. The lowest BCUT2D eigenvalue weighted by Crippen LogP contribution is -2.01. The number of benzene rings is 2. The van der Waals surface area contributed by atoms with Gasteiger partial charge in [-0.15, -0.1) is 10.2 Å². The monoisotopic (exact) mass is 409 g/mol. The number of para-hydroxylation sites is 1. The molecule has 0 fully saturated rings. The van der Waals surface area contributed by atoms with Crippen LogP contribution in [0, 0.1) is 20.8 Å². The fourth-order valence-electron chi connectivity index (χ4n) is 2.93. The molecule has 28 heavy (non-hydrogen) atoms. The van der Waals surface area contributed by atoms with E-state index in [1.807, 2.05) is 38.1 Å². The van der Waals surface area contributed by atoms with Gasteiger partial charge in [-0.25, -0.2) is 4.79 Å². The fourth-order valence-corrected chi connectivity index (χ4v) is 4.69. The van der Waals surface area contributed by atoms with E-state index in [0.717, 1.165) is 42.8 Å². The standard InChI is InChI=1S/C21H19N3O2S2/c1-12-8-9-16-15(10-18(25)26-19(16)14(12)3)11-27-21-24-23-20(28-21)22-17-7-5-4-6-13(17)2/h4-10H,11H2,1-3H3,(H,22,23). The van der Waals surface area contributed by atoms with Crippen LogP contribution in [0.25, 0.3) is 11.0 Å². The molecule has 2 aromatic carbocycles. The largest absolute Gasteiger partial charge is 0.422 e. The van der Waals surface area contributed by atoms with Crippen molar-refractivity contribution in [2.24, 2.45) is 0 Å². The quantitative estimate of drug-likeness (QED) is 0.341. The summed E-state index contributed by atoms with van der Waals surface area (Å²) in [6, 6.07) is 13.7. The summed E-state index contributed by atoms with van der Waals surface area (Å²) in [5.41, 5.74) is 5.58. The van der Waals surface area contributed by atoms with Gasteiger partial charge in [0.05, 0.1) is 0 Å². The maximum atomic E-state index is 12.0. The minimum atomic E-state index is -0.323. The molecule has 0 aliphatic heterocycles. The maximum absolute atomic E-state index is 12.0. The summed E-state index contributed by atoms with van der Waals surface area (Å²) in [7, 11) is 0. The molecule has 0 radical (unpaired) electrons. The average molecular weight is 410 g/mol. The van der Waals surface area contributed by atoms with Crippen molar-refractivity contribution in [3.8, 4) is 0 Å². The molecule has 0 aliphatic carbocycles. The number of nitrogens with zero attached hydrogens (tertiary/aromatic N) is 2. The van der Waals surface area contributed by atoms with E-state index in [1.165, 1.54) is 11.3 Å². The first-order valence-corrected chi connectivity index (χ1v) is 10.6. The molecule has 0 spiro atoms. The SMILES string of the molecule is Cc1ccccc1Nc1nnc(SCc2cc(=O)oc3c(C)c(C)ccc23)s1. The molecule has 0 unspecified atom stereocenters. The van der Waals surface area contributed by atoms with Crippen molar-refractivity contribution in [2.45, 2.75) is 30.9 Å². The lowest BCUT2D eigenvalue weighted by atomic mass is 10.0. The number of anilines is 2. The van der Waals surface area contributed by atoms with E-state index in [-0.39, 0.29) is 5.63 Å². The van der Waals surface area contributed by atoms with Gasteiger partial charge in [-0.1, -0.05) is 53.4 Å². The molecule has 2 aromatic heterocycles. The molecule has 7 heteroatoms. The minimum Gasteiger partial charge on any atom is -0.422 e. The van der Waals surface area contributed by atoms with Gasteiger partial charge in [-0.2, -0.15) is 0 Å². The third kappa shape index (κ3) is 3.81. The predicted octanol–water partition coefficient (Wildman–Crippen LogP) is 5.61. The number of fused-ring (bicyclic) bond motifs is 1. The zero-order valence-electron chi connectivity index (χ0n) is 15.8. The third-order valence-electron chi connectivity index (χ3n) is 4.66. The van der Waals surface area contributed by atoms with Gasteiger partial charge in [0.2, 0.25) is 5.13 Å². The van der Waals surface area contributed by atoms with E-state index < -0.39 is 0 Å². The van der Waals surface area contributed by atoms with Gasteiger partial charge in [0.25, 0.3) is 0 Å². The molecule has 0 saturated heterocycles. The zero-order valence-corrected chi connectivity index (χ0v) is 17.4. The van der Waals surface area contributed by atoms with Crippen molar-refractivity contribution < 1.29 is 4.42 Å². The zero-order chi connectivity index (χ0) is 19.7. The number of thioether (sulfide) groups is 1. The third-order valence-corrected chi connectivity index (χ3v) is 6.68. The van der Waals surface area contributed by atoms with Crippen molar-refractivity contribution in [2.75, 3.05) is 5.32 Å². The molecule has 142 valence electrons. The minimum absolute atomic E-state index is 0.323. The van der Waals surface area contributed by atoms with E-state index in [4.69, 9.17) is 4.42 Å². The second-order valence-corrected chi connectivity index (χ2v) is 8.78. The fraction of sp³-hybridized carbons (Fsp3) is 0.190. The highest BCUT2D eigenvalue weighted by molar-refractivity contribution is 8.00. The maximum Gasteiger partial charge on any atom is 0.336 e. The normalized spacial score (nSPS) is 11.1. The molecule has 4 rings (SSSR count). The second kappa shape index (κ2) is 7.77. The first-order valence-electron chi connectivity index (χ1n) is 8.83. The molecule has 4 aromatic rings. The highest BCUT2D eigenvalue weighted by atomic mass is 32.2. The number of hydrogen-bond donors (Lipinski definition) is 1. The predicted molar refractivity (Wildman–Crippen MR) is 116 cm³/mol. The van der Waals surface area contributed by atoms with E-state index in [9.17, 15) is 4.79 Å². The van der Waals surface area contributed by atoms with Gasteiger partial charge < -0.3 is 9.73 Å². The van der Waals surface area contributed by atoms with Crippen LogP contribution in [0.5, 0.6) is 0 Å². The van der Waals surface area contributed by atoms with E-state index in [0.29, 0.717) is 11.3 Å². The van der Waals surface area contributed by atoms with E-state index in [2.05, 4.69) is 34.6 Å². The summed E-state index contributed by atoms with van der Waals surface area (Å²) in [5, 5.41) is 13.5. The molecule has 0 amide bonds. The van der Waals surface area contributed by atoms with Crippen molar-refractivity contribution in [1.82, 2.24) is 10.2 Å². The van der Waals surface area contributed by atoms with Crippen molar-refractivity contribution in [3.05, 3.63) is 75.1 Å². The van der Waals surface area contributed by atoms with Crippen LogP contribution < -0.4 is 10.9 Å². The summed E-state index contributed by atoms with van der Waals surface area (Å²) in [4.78, 5) is 12.0. The van der Waals surface area contributed by atoms with E-state index >= 15 is 0 Å². The van der Waals surface area contributed by atoms with Crippen LogP contribution in [-0.2, 0) is 5.75 Å². The molecule has 0 saturated carbocycles. The van der Waals surface area contributed by atoms with Crippen LogP contribution in [0.3, 0.4) is 0 Å². The molecule has 5 nitrogen and oxygen atoms in total. The molecular weight excluding hydrogens is 390 g/mol. The lowest BCUT2D eigenvalue weighted by Gasteiger charge is -2.08. The van der Waals surface area contributed by atoms with Crippen LogP contribution >= 0.6 is 23.1 Å². The van der Waals surface area contributed by atoms with Gasteiger partial charge in [-0.05, 0) is 49.1 Å². The van der Waals surface area contributed by atoms with Gasteiger partial charge >= 0.3 is 5.63 Å². The van der Waals surface area contributed by atoms with Gasteiger partial charge in [0.15, 0.2) is 4.34 Å². The van der Waals surface area contributed by atoms with Gasteiger partial charge in [0, 0.05) is 22.9 Å². The molecule has 2 heterocycles. The summed E-state index contributed by atoms with van der Waals surface area (Å²) in [6.45, 7) is 6.04. The summed E-state index contributed by atoms with van der Waals surface area (Å²) < 4.78 is 6.30. The van der Waals surface area contributed by atoms with Gasteiger partial charge in [0.1, 0.15) is 5.58 Å². The molecule has 1 N–H and O–H groups in total. The Kier molecular flexibility index (Phi) is 5.19. The Hall–Kier alpha value is -2.64. The molecular formula is C21H19N3O2S2. The smallest absolute Gasteiger partial charge is 0.336 e. The Morgan fingerprint density at radius 3 is 2.71 bits per heavy atom. The number of rotatable bonds is 5. The lowest BCUT2D eigenvalue weighted by molar-refractivity contribution is 0.557. The highest BCUT2D eigenvalue weighted by Crippen LogP contribution is 2.32. The Balaban J connectivity index is 1.54. The molecule has 0 atom stereocenters. The average Bonchev–Trinajstić information content (AvgIpc) is 3.12. The van der Waals surface area contributed by atoms with Crippen molar-refractivity contribution in [3.63, 3.8) is 0 Å². The molecule has 0 bridgehead atoms. The van der Waals surface area contributed by atoms with Gasteiger partial charge in [-0.3, -0.25) is 0 Å². The number of nitrogens with one attached hydrogen (secondary N) is 1. The van der Waals surface area contributed by atoms with Crippen LogP contribution in [0.4, 0.5) is 10.8 Å². The second-order valence-electron chi connectivity index (χ2n) is 6.58. The Bertz CT molecular complexity index is 1210. The van der Waals surface area contributed by atoms with Crippen LogP contribution in [0.2, 0.25) is 0 Å². The van der Waals surface area contributed by atoms with Crippen LogP contribution in [0.1, 0.15) is 22.3 Å². The summed E-state index contributed by atoms with van der Waals surface area (Å²) in [6.07, 6.45) is 0. The number of aromatic nitrogens is 2. The van der Waals surface area contributed by atoms with Crippen molar-refractivity contribution in [1.29, 1.82) is 0 Å².